The van der Waals surface area contributed by atoms with Crippen molar-refractivity contribution in [1.29, 1.82) is 0 Å². The van der Waals surface area contributed by atoms with Crippen LogP contribution in [0.15, 0.2) is 82.0 Å². The quantitative estimate of drug-likeness (QED) is 0.453. The molecular formula is C26H21ClN2O4. The standard InChI is InChI=1S/C26H21ClN2O4/c27-21-9-2-1-7-19(21)24-16-23(30)20-8-4-10-22(25(20)33-24)28-26(31)17-5-3-6-18(15-17)29-11-13-32-14-12-29/h1-10,15-16H,11-14H2,(H,28,31). The summed E-state index contributed by atoms with van der Waals surface area (Å²) in [4.78, 5) is 28.1. The molecule has 7 heteroatoms. The average Bonchev–Trinajstić information content (AvgIpc) is 2.85. The first-order valence-corrected chi connectivity index (χ1v) is 11.0. The van der Waals surface area contributed by atoms with Crippen LogP contribution in [-0.4, -0.2) is 32.2 Å². The fourth-order valence-electron chi connectivity index (χ4n) is 3.93. The fraction of sp³-hybridized carbons (Fsp3) is 0.154. The van der Waals surface area contributed by atoms with Gasteiger partial charge >= 0.3 is 0 Å². The largest absolute Gasteiger partial charge is 0.454 e. The van der Waals surface area contributed by atoms with E-state index in [1.54, 1.807) is 36.4 Å². The van der Waals surface area contributed by atoms with Gasteiger partial charge in [0.05, 0.1) is 29.3 Å². The number of hydrogen-bond donors (Lipinski definition) is 1. The Kier molecular flexibility index (Phi) is 5.86. The van der Waals surface area contributed by atoms with Gasteiger partial charge in [-0.25, -0.2) is 0 Å². The Morgan fingerprint density at radius 3 is 2.55 bits per heavy atom. The topological polar surface area (TPSA) is 71.8 Å². The minimum atomic E-state index is -0.289. The molecule has 1 amide bonds. The Morgan fingerprint density at radius 1 is 0.939 bits per heavy atom. The summed E-state index contributed by atoms with van der Waals surface area (Å²) in [6, 6.07) is 21.1. The maximum Gasteiger partial charge on any atom is 0.255 e. The molecule has 1 fully saturated rings. The molecule has 0 aliphatic carbocycles. The maximum atomic E-state index is 13.1. The number of para-hydroxylation sites is 1. The van der Waals surface area contributed by atoms with Crippen molar-refractivity contribution in [3.05, 3.63) is 93.6 Å². The molecule has 1 aromatic heterocycles. The van der Waals surface area contributed by atoms with Gasteiger partial charge in [0.15, 0.2) is 11.0 Å². The van der Waals surface area contributed by atoms with E-state index in [0.717, 1.165) is 18.8 Å². The number of halogens is 1. The fourth-order valence-corrected chi connectivity index (χ4v) is 4.16. The monoisotopic (exact) mass is 460 g/mol. The van der Waals surface area contributed by atoms with Crippen molar-refractivity contribution in [2.75, 3.05) is 36.5 Å². The Bertz CT molecular complexity index is 1390. The summed E-state index contributed by atoms with van der Waals surface area (Å²) in [5.74, 6) is 0.0533. The zero-order chi connectivity index (χ0) is 22.8. The van der Waals surface area contributed by atoms with Crippen LogP contribution < -0.4 is 15.6 Å². The second-order valence-electron chi connectivity index (χ2n) is 7.74. The first-order chi connectivity index (χ1) is 16.1. The first kappa shape index (κ1) is 21.2. The molecule has 0 radical (unpaired) electrons. The molecule has 1 N–H and O–H groups in total. The van der Waals surface area contributed by atoms with Crippen LogP contribution >= 0.6 is 11.6 Å². The zero-order valence-electron chi connectivity index (χ0n) is 17.7. The smallest absolute Gasteiger partial charge is 0.255 e. The van der Waals surface area contributed by atoms with Crippen LogP contribution in [0.1, 0.15) is 10.4 Å². The number of nitrogens with zero attached hydrogens (tertiary/aromatic N) is 1. The molecule has 0 saturated carbocycles. The molecule has 1 aliphatic rings. The number of carbonyl (C=O) groups is 1. The average molecular weight is 461 g/mol. The molecule has 1 saturated heterocycles. The molecule has 0 spiro atoms. The van der Waals surface area contributed by atoms with Gasteiger partial charge < -0.3 is 19.4 Å². The van der Waals surface area contributed by atoms with Crippen molar-refractivity contribution in [2.45, 2.75) is 0 Å². The van der Waals surface area contributed by atoms with E-state index in [4.69, 9.17) is 20.8 Å². The lowest BCUT2D eigenvalue weighted by Gasteiger charge is -2.29. The molecule has 33 heavy (non-hydrogen) atoms. The highest BCUT2D eigenvalue weighted by Gasteiger charge is 2.16. The Hall–Kier alpha value is -3.61. The number of rotatable bonds is 4. The van der Waals surface area contributed by atoms with Gasteiger partial charge in [0.25, 0.3) is 5.91 Å². The number of benzene rings is 3. The third-order valence-electron chi connectivity index (χ3n) is 5.63. The van der Waals surface area contributed by atoms with Gasteiger partial charge in [0, 0.05) is 36.0 Å². The summed E-state index contributed by atoms with van der Waals surface area (Å²) in [6.45, 7) is 2.90. The molecule has 0 unspecified atom stereocenters. The number of morpholine rings is 1. The molecule has 4 aromatic rings. The minimum absolute atomic E-state index is 0.211. The van der Waals surface area contributed by atoms with Crippen molar-refractivity contribution in [2.24, 2.45) is 0 Å². The summed E-state index contributed by atoms with van der Waals surface area (Å²) in [7, 11) is 0. The van der Waals surface area contributed by atoms with Crippen molar-refractivity contribution >= 4 is 39.9 Å². The van der Waals surface area contributed by atoms with E-state index in [0.29, 0.717) is 51.8 Å². The Balaban J connectivity index is 1.50. The zero-order valence-corrected chi connectivity index (χ0v) is 18.5. The number of anilines is 2. The van der Waals surface area contributed by atoms with Gasteiger partial charge in [-0.1, -0.05) is 35.9 Å². The Morgan fingerprint density at radius 2 is 1.73 bits per heavy atom. The third kappa shape index (κ3) is 4.35. The normalized spacial score (nSPS) is 13.8. The molecule has 166 valence electrons. The van der Waals surface area contributed by atoms with Crippen molar-refractivity contribution in [3.63, 3.8) is 0 Å². The molecule has 1 aliphatic heterocycles. The van der Waals surface area contributed by atoms with Crippen LogP contribution in [0.3, 0.4) is 0 Å². The number of ether oxygens (including phenoxy) is 1. The summed E-state index contributed by atoms with van der Waals surface area (Å²) >= 11 is 6.30. The summed E-state index contributed by atoms with van der Waals surface area (Å²) in [5.41, 5.74) is 2.60. The lowest BCUT2D eigenvalue weighted by atomic mass is 10.1. The van der Waals surface area contributed by atoms with Crippen LogP contribution in [0.4, 0.5) is 11.4 Å². The van der Waals surface area contributed by atoms with Crippen LogP contribution in [0.2, 0.25) is 5.02 Å². The van der Waals surface area contributed by atoms with E-state index >= 15 is 0 Å². The highest BCUT2D eigenvalue weighted by atomic mass is 35.5. The second-order valence-corrected chi connectivity index (χ2v) is 8.15. The first-order valence-electron chi connectivity index (χ1n) is 10.7. The van der Waals surface area contributed by atoms with Gasteiger partial charge in [0.2, 0.25) is 0 Å². The molecule has 3 aromatic carbocycles. The van der Waals surface area contributed by atoms with Gasteiger partial charge in [-0.3, -0.25) is 9.59 Å². The second kappa shape index (κ2) is 9.10. The maximum absolute atomic E-state index is 13.1. The van der Waals surface area contributed by atoms with E-state index in [2.05, 4.69) is 10.2 Å². The SMILES string of the molecule is O=C(Nc1cccc2c(=O)cc(-c3ccccc3Cl)oc12)c1cccc(N2CCOCC2)c1. The van der Waals surface area contributed by atoms with Crippen molar-refractivity contribution in [3.8, 4) is 11.3 Å². The van der Waals surface area contributed by atoms with Gasteiger partial charge in [-0.05, 0) is 42.5 Å². The van der Waals surface area contributed by atoms with Crippen LogP contribution in [-0.2, 0) is 4.74 Å². The molecule has 0 bridgehead atoms. The van der Waals surface area contributed by atoms with E-state index in [9.17, 15) is 9.59 Å². The molecule has 2 heterocycles. The number of nitrogens with one attached hydrogen (secondary N) is 1. The predicted octanol–water partition coefficient (Wildman–Crippen LogP) is 5.20. The molecule has 5 rings (SSSR count). The lowest BCUT2D eigenvalue weighted by molar-refractivity contribution is 0.102. The number of hydrogen-bond acceptors (Lipinski definition) is 5. The van der Waals surface area contributed by atoms with Crippen LogP contribution in [0.5, 0.6) is 0 Å². The molecular weight excluding hydrogens is 440 g/mol. The van der Waals surface area contributed by atoms with E-state index in [-0.39, 0.29) is 11.3 Å². The lowest BCUT2D eigenvalue weighted by Crippen LogP contribution is -2.36. The molecule has 0 atom stereocenters. The number of amides is 1. The van der Waals surface area contributed by atoms with Crippen LogP contribution in [0.25, 0.3) is 22.3 Å². The molecule has 6 nitrogen and oxygen atoms in total. The van der Waals surface area contributed by atoms with Crippen LogP contribution in [0, 0.1) is 0 Å². The summed E-state index contributed by atoms with van der Waals surface area (Å²) < 4.78 is 11.5. The van der Waals surface area contributed by atoms with Gasteiger partial charge in [-0.2, -0.15) is 0 Å². The van der Waals surface area contributed by atoms with E-state index < -0.39 is 0 Å². The van der Waals surface area contributed by atoms with Gasteiger partial charge in [-0.15, -0.1) is 0 Å². The highest BCUT2D eigenvalue weighted by molar-refractivity contribution is 6.33. The van der Waals surface area contributed by atoms with Gasteiger partial charge in [0.1, 0.15) is 5.76 Å². The van der Waals surface area contributed by atoms with Crippen molar-refractivity contribution < 1.29 is 13.9 Å². The van der Waals surface area contributed by atoms with Crippen molar-refractivity contribution in [1.82, 2.24) is 0 Å². The third-order valence-corrected chi connectivity index (χ3v) is 5.96. The number of carbonyl (C=O) groups excluding carboxylic acids is 1. The highest BCUT2D eigenvalue weighted by Crippen LogP contribution is 2.31. The predicted molar refractivity (Wildman–Crippen MR) is 130 cm³/mol. The van der Waals surface area contributed by atoms with E-state index in [1.165, 1.54) is 6.07 Å². The summed E-state index contributed by atoms with van der Waals surface area (Å²) in [6.07, 6.45) is 0. The summed E-state index contributed by atoms with van der Waals surface area (Å²) in [5, 5.41) is 3.76. The van der Waals surface area contributed by atoms with E-state index in [1.807, 2.05) is 30.3 Å². The number of fused-ring (bicyclic) bond motifs is 1. The Labute approximate surface area is 195 Å². The minimum Gasteiger partial charge on any atom is -0.454 e.